The van der Waals surface area contributed by atoms with E-state index in [0.717, 1.165) is 6.42 Å². The van der Waals surface area contributed by atoms with Crippen molar-refractivity contribution in [1.29, 1.82) is 0 Å². The second kappa shape index (κ2) is 6.20. The number of benzene rings is 1. The maximum absolute atomic E-state index is 12.6. The van der Waals surface area contributed by atoms with Gasteiger partial charge in [-0.05, 0) is 25.5 Å². The number of amides is 2. The molecule has 23 heavy (non-hydrogen) atoms. The molecule has 3 N–H and O–H groups in total. The predicted octanol–water partition coefficient (Wildman–Crippen LogP) is 1.48. The van der Waals surface area contributed by atoms with Crippen LogP contribution < -0.4 is 15.8 Å². The fourth-order valence-electron chi connectivity index (χ4n) is 2.89. The lowest BCUT2D eigenvalue weighted by Crippen LogP contribution is -2.68. The third kappa shape index (κ3) is 3.17. The normalized spacial score (nSPS) is 25.3. The Labute approximate surface area is 136 Å². The zero-order chi connectivity index (χ0) is 17.3. The van der Waals surface area contributed by atoms with Crippen molar-refractivity contribution in [2.75, 3.05) is 13.7 Å². The van der Waals surface area contributed by atoms with E-state index in [1.165, 1.54) is 0 Å². The Bertz CT molecular complexity index is 614. The molecule has 1 aromatic rings. The highest BCUT2D eigenvalue weighted by Gasteiger charge is 2.58. The largest absolute Gasteiger partial charge is 0.483 e. The molecule has 0 heterocycles. The zero-order valence-corrected chi connectivity index (χ0v) is 14.0. The van der Waals surface area contributed by atoms with E-state index in [1.54, 1.807) is 31.4 Å². The highest BCUT2D eigenvalue weighted by Crippen LogP contribution is 2.51. The highest BCUT2D eigenvalue weighted by molar-refractivity contribution is 5.97. The molecule has 6 nitrogen and oxygen atoms in total. The Morgan fingerprint density at radius 3 is 2.52 bits per heavy atom. The molecular weight excluding hydrogens is 296 g/mol. The molecule has 2 unspecified atom stereocenters. The number of carbonyl (C=O) groups is 2. The maximum atomic E-state index is 12.6. The molecule has 2 rings (SSSR count). The summed E-state index contributed by atoms with van der Waals surface area (Å²) in [5.74, 6) is -0.479. The Morgan fingerprint density at radius 2 is 1.96 bits per heavy atom. The summed E-state index contributed by atoms with van der Waals surface area (Å²) in [4.78, 5) is 23.4. The Balaban J connectivity index is 2.09. The number of nitrogens with one attached hydrogen (secondary N) is 1. The molecule has 1 saturated carbocycles. The third-order valence-corrected chi connectivity index (χ3v) is 5.09. The average Bonchev–Trinajstić information content (AvgIpc) is 2.52. The second-order valence-electron chi connectivity index (χ2n) is 6.64. The molecule has 1 aliphatic carbocycles. The number of methoxy groups -OCH3 is 1. The molecule has 2 amide bonds. The van der Waals surface area contributed by atoms with Crippen LogP contribution in [-0.4, -0.2) is 37.2 Å². The van der Waals surface area contributed by atoms with Crippen LogP contribution >= 0.6 is 0 Å². The molecule has 0 radical (unpaired) electrons. The second-order valence-corrected chi connectivity index (χ2v) is 6.64. The van der Waals surface area contributed by atoms with E-state index < -0.39 is 5.91 Å². The molecule has 0 aromatic heterocycles. The lowest BCUT2D eigenvalue weighted by molar-refractivity contribution is -0.177. The van der Waals surface area contributed by atoms with Crippen molar-refractivity contribution in [3.05, 3.63) is 29.8 Å². The molecule has 2 atom stereocenters. The van der Waals surface area contributed by atoms with E-state index >= 15 is 0 Å². The van der Waals surface area contributed by atoms with Gasteiger partial charge in [0.15, 0.2) is 6.61 Å². The topological polar surface area (TPSA) is 90.7 Å². The number of hydrogen-bond acceptors (Lipinski definition) is 4. The monoisotopic (exact) mass is 320 g/mol. The number of para-hydroxylation sites is 1. The quantitative estimate of drug-likeness (QED) is 0.831. The summed E-state index contributed by atoms with van der Waals surface area (Å²) in [7, 11) is 1.69. The molecule has 0 spiro atoms. The van der Waals surface area contributed by atoms with Gasteiger partial charge in [-0.3, -0.25) is 9.59 Å². The van der Waals surface area contributed by atoms with Gasteiger partial charge in [0.25, 0.3) is 11.8 Å². The number of carbonyl (C=O) groups excluding carboxylic acids is 2. The molecule has 6 heteroatoms. The van der Waals surface area contributed by atoms with E-state index in [4.69, 9.17) is 15.2 Å². The van der Waals surface area contributed by atoms with Gasteiger partial charge in [-0.1, -0.05) is 26.0 Å². The van der Waals surface area contributed by atoms with Crippen LogP contribution in [0.4, 0.5) is 0 Å². The number of primary amides is 1. The average molecular weight is 320 g/mol. The molecular formula is C17H24N2O4. The fourth-order valence-corrected chi connectivity index (χ4v) is 2.89. The highest BCUT2D eigenvalue weighted by atomic mass is 16.5. The Hall–Kier alpha value is -2.08. The first-order chi connectivity index (χ1) is 10.7. The van der Waals surface area contributed by atoms with E-state index in [1.807, 2.05) is 6.92 Å². The van der Waals surface area contributed by atoms with Crippen LogP contribution in [0.2, 0.25) is 0 Å². The van der Waals surface area contributed by atoms with Gasteiger partial charge in [-0.2, -0.15) is 0 Å². The third-order valence-electron chi connectivity index (χ3n) is 5.09. The van der Waals surface area contributed by atoms with E-state index in [-0.39, 0.29) is 29.6 Å². The number of ether oxygens (including phenoxy) is 2. The lowest BCUT2D eigenvalue weighted by Gasteiger charge is -2.59. The maximum Gasteiger partial charge on any atom is 0.255 e. The van der Waals surface area contributed by atoms with Crippen molar-refractivity contribution < 1.29 is 19.1 Å². The van der Waals surface area contributed by atoms with Gasteiger partial charge in [0.1, 0.15) is 5.75 Å². The number of rotatable bonds is 6. The first-order valence-electron chi connectivity index (χ1n) is 7.57. The molecule has 0 saturated heterocycles. The van der Waals surface area contributed by atoms with Gasteiger partial charge in [0.2, 0.25) is 0 Å². The minimum Gasteiger partial charge on any atom is -0.483 e. The standard InChI is InChI=1S/C17H24N2O4/c1-16(2)13(9-17(16,3)22-4)19-15(21)11-7-5-6-8-12(11)23-10-14(18)20/h5-8,13H,9-10H2,1-4H3,(H2,18,20)(H,19,21). The van der Waals surface area contributed by atoms with Crippen molar-refractivity contribution >= 4 is 11.8 Å². The van der Waals surface area contributed by atoms with Gasteiger partial charge >= 0.3 is 0 Å². The Morgan fingerprint density at radius 1 is 1.30 bits per heavy atom. The van der Waals surface area contributed by atoms with Gasteiger partial charge in [0.05, 0.1) is 11.2 Å². The van der Waals surface area contributed by atoms with Crippen LogP contribution in [0.3, 0.4) is 0 Å². The minimum absolute atomic E-state index is 0.00384. The van der Waals surface area contributed by atoms with Crippen molar-refractivity contribution in [3.63, 3.8) is 0 Å². The van der Waals surface area contributed by atoms with Crippen LogP contribution in [-0.2, 0) is 9.53 Å². The van der Waals surface area contributed by atoms with Crippen LogP contribution in [0.25, 0.3) is 0 Å². The van der Waals surface area contributed by atoms with Crippen molar-refractivity contribution in [2.24, 2.45) is 11.1 Å². The van der Waals surface area contributed by atoms with Crippen molar-refractivity contribution in [2.45, 2.75) is 38.8 Å². The Kier molecular flexibility index (Phi) is 4.66. The number of nitrogens with two attached hydrogens (primary N) is 1. The van der Waals surface area contributed by atoms with Gasteiger partial charge < -0.3 is 20.5 Å². The summed E-state index contributed by atoms with van der Waals surface area (Å²) < 4.78 is 10.9. The summed E-state index contributed by atoms with van der Waals surface area (Å²) in [5, 5.41) is 3.03. The van der Waals surface area contributed by atoms with Crippen molar-refractivity contribution in [1.82, 2.24) is 5.32 Å². The van der Waals surface area contributed by atoms with Crippen LogP contribution in [0, 0.1) is 5.41 Å². The minimum atomic E-state index is -0.587. The van der Waals surface area contributed by atoms with Crippen molar-refractivity contribution in [3.8, 4) is 5.75 Å². The van der Waals surface area contributed by atoms with Crippen LogP contribution in [0.5, 0.6) is 5.75 Å². The van der Waals surface area contributed by atoms with Gasteiger partial charge in [-0.15, -0.1) is 0 Å². The fraction of sp³-hybridized carbons (Fsp3) is 0.529. The van der Waals surface area contributed by atoms with E-state index in [2.05, 4.69) is 19.2 Å². The molecule has 0 aliphatic heterocycles. The smallest absolute Gasteiger partial charge is 0.255 e. The van der Waals surface area contributed by atoms with E-state index in [0.29, 0.717) is 11.3 Å². The first-order valence-corrected chi connectivity index (χ1v) is 7.57. The molecule has 0 bridgehead atoms. The summed E-state index contributed by atoms with van der Waals surface area (Å²) in [5.41, 5.74) is 5.03. The SMILES string of the molecule is COC1(C)CC(NC(=O)c2ccccc2OCC(N)=O)C1(C)C. The molecule has 1 fully saturated rings. The van der Waals surface area contributed by atoms with Crippen LogP contribution in [0.15, 0.2) is 24.3 Å². The summed E-state index contributed by atoms with van der Waals surface area (Å²) in [6, 6.07) is 6.79. The lowest BCUT2D eigenvalue weighted by atomic mass is 9.56. The first kappa shape index (κ1) is 17.3. The van der Waals surface area contributed by atoms with Gasteiger partial charge in [0, 0.05) is 18.6 Å². The summed E-state index contributed by atoms with van der Waals surface area (Å²) >= 11 is 0. The summed E-state index contributed by atoms with van der Waals surface area (Å²) in [6.07, 6.45) is 0.743. The van der Waals surface area contributed by atoms with E-state index in [9.17, 15) is 9.59 Å². The van der Waals surface area contributed by atoms with Gasteiger partial charge in [-0.25, -0.2) is 0 Å². The molecule has 126 valence electrons. The molecule has 1 aliphatic rings. The number of hydrogen-bond donors (Lipinski definition) is 2. The van der Waals surface area contributed by atoms with Crippen LogP contribution in [0.1, 0.15) is 37.6 Å². The predicted molar refractivity (Wildman–Crippen MR) is 86.2 cm³/mol. The zero-order valence-electron chi connectivity index (χ0n) is 14.0. The molecule has 1 aromatic carbocycles. The summed E-state index contributed by atoms with van der Waals surface area (Å²) in [6.45, 7) is 5.92.